The molecule has 26 heavy (non-hydrogen) atoms. The molecule has 2 N–H and O–H groups in total. The van der Waals surface area contributed by atoms with Crippen LogP contribution in [0.25, 0.3) is 0 Å². The van der Waals surface area contributed by atoms with Gasteiger partial charge in [-0.3, -0.25) is 9.48 Å². The average Bonchev–Trinajstić information content (AvgIpc) is 3.28. The van der Waals surface area contributed by atoms with Gasteiger partial charge in [0, 0.05) is 38.8 Å². The monoisotopic (exact) mass is 380 g/mol. The van der Waals surface area contributed by atoms with Crippen LogP contribution in [0.4, 0.5) is 0 Å². The van der Waals surface area contributed by atoms with Gasteiger partial charge in [-0.1, -0.05) is 6.07 Å². The maximum absolute atomic E-state index is 12.7. The summed E-state index contributed by atoms with van der Waals surface area (Å²) in [4.78, 5) is 12.7. The molecule has 1 aromatic carbocycles. The number of methoxy groups -OCH3 is 2. The van der Waals surface area contributed by atoms with E-state index in [4.69, 9.17) is 9.47 Å². The third-order valence-corrected chi connectivity index (χ3v) is 4.62. The Morgan fingerprint density at radius 2 is 2.08 bits per heavy atom. The Labute approximate surface area is 159 Å². The van der Waals surface area contributed by atoms with Crippen molar-refractivity contribution in [1.82, 2.24) is 20.4 Å². The summed E-state index contributed by atoms with van der Waals surface area (Å²) >= 11 is 0. The molecular formula is C18H25ClN4O3. The number of halogens is 1. The molecule has 1 saturated heterocycles. The number of carbonyl (C=O) groups is 1. The summed E-state index contributed by atoms with van der Waals surface area (Å²) in [5.74, 6) is 1.44. The summed E-state index contributed by atoms with van der Waals surface area (Å²) in [7, 11) is 5.09. The number of aryl methyl sites for hydroxylation is 1. The fourth-order valence-corrected chi connectivity index (χ4v) is 3.25. The van der Waals surface area contributed by atoms with Crippen molar-refractivity contribution in [2.45, 2.75) is 12.5 Å². The quantitative estimate of drug-likeness (QED) is 0.793. The van der Waals surface area contributed by atoms with E-state index in [9.17, 15) is 4.79 Å². The molecule has 0 unspecified atom stereocenters. The van der Waals surface area contributed by atoms with Crippen LogP contribution >= 0.6 is 12.4 Å². The lowest BCUT2D eigenvalue weighted by atomic mass is 9.90. The smallest absolute Gasteiger partial charge is 0.225 e. The van der Waals surface area contributed by atoms with Crippen LogP contribution < -0.4 is 20.1 Å². The van der Waals surface area contributed by atoms with Gasteiger partial charge in [0.1, 0.15) is 0 Å². The van der Waals surface area contributed by atoms with Gasteiger partial charge in [0.25, 0.3) is 0 Å². The number of hydrogen-bond donors (Lipinski definition) is 2. The number of ether oxygens (including phenoxy) is 2. The van der Waals surface area contributed by atoms with E-state index >= 15 is 0 Å². The predicted octanol–water partition coefficient (Wildman–Crippen LogP) is 1.48. The Hall–Kier alpha value is -2.25. The molecule has 0 bridgehead atoms. The molecule has 8 heteroatoms. The van der Waals surface area contributed by atoms with Crippen molar-refractivity contribution in [3.05, 3.63) is 41.7 Å². The average molecular weight is 381 g/mol. The second kappa shape index (κ2) is 8.91. The van der Waals surface area contributed by atoms with Gasteiger partial charge >= 0.3 is 0 Å². The number of aromatic nitrogens is 2. The Morgan fingerprint density at radius 1 is 1.31 bits per heavy atom. The van der Waals surface area contributed by atoms with E-state index < -0.39 is 0 Å². The minimum Gasteiger partial charge on any atom is -0.493 e. The molecule has 0 aliphatic carbocycles. The van der Waals surface area contributed by atoms with Crippen molar-refractivity contribution >= 4 is 18.3 Å². The van der Waals surface area contributed by atoms with Crippen LogP contribution in [0.1, 0.15) is 17.0 Å². The number of benzene rings is 1. The van der Waals surface area contributed by atoms with E-state index in [2.05, 4.69) is 15.7 Å². The number of hydrogen-bond acceptors (Lipinski definition) is 5. The number of amides is 1. The SMILES string of the molecule is COc1ccc(CNC(=O)[C@H]2CNC[C@@H]2c2cnn(C)c2)cc1OC.Cl. The summed E-state index contributed by atoms with van der Waals surface area (Å²) < 4.78 is 12.3. The predicted molar refractivity (Wildman–Crippen MR) is 101 cm³/mol. The highest BCUT2D eigenvalue weighted by atomic mass is 35.5. The molecule has 3 rings (SSSR count). The fraction of sp³-hybridized carbons (Fsp3) is 0.444. The molecule has 1 amide bonds. The van der Waals surface area contributed by atoms with Gasteiger partial charge in [0.05, 0.1) is 26.3 Å². The van der Waals surface area contributed by atoms with Crippen LogP contribution in [0.2, 0.25) is 0 Å². The zero-order valence-corrected chi connectivity index (χ0v) is 16.0. The van der Waals surface area contributed by atoms with Crippen molar-refractivity contribution in [3.63, 3.8) is 0 Å². The summed E-state index contributed by atoms with van der Waals surface area (Å²) in [6.45, 7) is 1.92. The third-order valence-electron chi connectivity index (χ3n) is 4.62. The first-order valence-electron chi connectivity index (χ1n) is 8.30. The molecule has 2 aromatic rings. The van der Waals surface area contributed by atoms with E-state index in [1.54, 1.807) is 18.9 Å². The lowest BCUT2D eigenvalue weighted by Crippen LogP contribution is -2.33. The lowest BCUT2D eigenvalue weighted by molar-refractivity contribution is -0.125. The number of nitrogens with one attached hydrogen (secondary N) is 2. The highest BCUT2D eigenvalue weighted by Gasteiger charge is 2.34. The van der Waals surface area contributed by atoms with Crippen LogP contribution in [-0.4, -0.2) is 43.0 Å². The molecule has 1 aliphatic heterocycles. The molecule has 2 heterocycles. The standard InChI is InChI=1S/C18H24N4O3.ClH/c1-22-11-13(8-21-22)14-9-19-10-15(14)18(23)20-7-12-4-5-16(24-2)17(6-12)25-3;/h4-6,8,11,14-15,19H,7,9-10H2,1-3H3,(H,20,23);1H/t14-,15+;/m1./s1. The summed E-state index contributed by atoms with van der Waals surface area (Å²) in [5, 5.41) is 10.6. The van der Waals surface area contributed by atoms with Gasteiger partial charge in [-0.25, -0.2) is 0 Å². The van der Waals surface area contributed by atoms with Gasteiger partial charge in [-0.15, -0.1) is 12.4 Å². The van der Waals surface area contributed by atoms with Crippen LogP contribution in [0.5, 0.6) is 11.5 Å². The number of rotatable bonds is 6. The maximum atomic E-state index is 12.7. The van der Waals surface area contributed by atoms with Crippen molar-refractivity contribution in [1.29, 1.82) is 0 Å². The topological polar surface area (TPSA) is 77.4 Å². The molecule has 1 fully saturated rings. The van der Waals surface area contributed by atoms with Gasteiger partial charge in [-0.2, -0.15) is 5.10 Å². The molecular weight excluding hydrogens is 356 g/mol. The zero-order chi connectivity index (χ0) is 17.8. The Morgan fingerprint density at radius 3 is 2.73 bits per heavy atom. The molecule has 7 nitrogen and oxygen atoms in total. The molecule has 2 atom stereocenters. The van der Waals surface area contributed by atoms with Gasteiger partial charge in [0.2, 0.25) is 5.91 Å². The van der Waals surface area contributed by atoms with Crippen LogP contribution in [0, 0.1) is 5.92 Å². The van der Waals surface area contributed by atoms with Crippen molar-refractivity contribution < 1.29 is 14.3 Å². The Balaban J connectivity index is 0.00000243. The van der Waals surface area contributed by atoms with E-state index in [-0.39, 0.29) is 30.2 Å². The second-order valence-electron chi connectivity index (χ2n) is 6.23. The first kappa shape index (κ1) is 20.1. The normalized spacial score (nSPS) is 18.9. The molecule has 142 valence electrons. The zero-order valence-electron chi connectivity index (χ0n) is 15.2. The van der Waals surface area contributed by atoms with Crippen LogP contribution in [-0.2, 0) is 18.4 Å². The molecule has 1 aliphatic rings. The minimum atomic E-state index is -0.0932. The Bertz CT molecular complexity index is 750. The first-order chi connectivity index (χ1) is 12.1. The second-order valence-corrected chi connectivity index (χ2v) is 6.23. The third kappa shape index (κ3) is 4.28. The van der Waals surface area contributed by atoms with Crippen molar-refractivity contribution in [2.24, 2.45) is 13.0 Å². The Kier molecular flexibility index (Phi) is 6.88. The van der Waals surface area contributed by atoms with E-state index in [1.165, 1.54) is 0 Å². The van der Waals surface area contributed by atoms with Crippen molar-refractivity contribution in [2.75, 3.05) is 27.3 Å². The van der Waals surface area contributed by atoms with Crippen LogP contribution in [0.15, 0.2) is 30.6 Å². The fourth-order valence-electron chi connectivity index (χ4n) is 3.25. The summed E-state index contributed by atoms with van der Waals surface area (Å²) in [5.41, 5.74) is 2.06. The van der Waals surface area contributed by atoms with Crippen LogP contribution in [0.3, 0.4) is 0 Å². The molecule has 1 aromatic heterocycles. The first-order valence-corrected chi connectivity index (χ1v) is 8.30. The summed E-state index contributed by atoms with van der Waals surface area (Å²) in [6.07, 6.45) is 3.82. The molecule has 0 radical (unpaired) electrons. The lowest BCUT2D eigenvalue weighted by Gasteiger charge is -2.17. The van der Waals surface area contributed by atoms with E-state index in [0.29, 0.717) is 24.6 Å². The van der Waals surface area contributed by atoms with E-state index in [1.807, 2.05) is 37.6 Å². The van der Waals surface area contributed by atoms with Gasteiger partial charge in [-0.05, 0) is 23.3 Å². The largest absolute Gasteiger partial charge is 0.493 e. The van der Waals surface area contributed by atoms with Gasteiger partial charge in [0.15, 0.2) is 11.5 Å². The highest BCUT2D eigenvalue weighted by molar-refractivity contribution is 5.85. The highest BCUT2D eigenvalue weighted by Crippen LogP contribution is 2.29. The molecule has 0 saturated carbocycles. The minimum absolute atomic E-state index is 0. The van der Waals surface area contributed by atoms with Crippen molar-refractivity contribution in [3.8, 4) is 11.5 Å². The van der Waals surface area contributed by atoms with E-state index in [0.717, 1.165) is 17.7 Å². The number of carbonyl (C=O) groups excluding carboxylic acids is 1. The van der Waals surface area contributed by atoms with Gasteiger partial charge < -0.3 is 20.1 Å². The molecule has 0 spiro atoms. The number of nitrogens with zero attached hydrogens (tertiary/aromatic N) is 2. The summed E-state index contributed by atoms with van der Waals surface area (Å²) in [6, 6.07) is 5.65. The maximum Gasteiger partial charge on any atom is 0.225 e.